The van der Waals surface area contributed by atoms with Gasteiger partial charge in [0.1, 0.15) is 9.84 Å². The van der Waals surface area contributed by atoms with Crippen LogP contribution in [0.1, 0.15) is 12.8 Å². The number of guanidine groups is 1. The topological polar surface area (TPSA) is 83.0 Å². The van der Waals surface area contributed by atoms with Crippen LogP contribution in [0.5, 0.6) is 0 Å². The van der Waals surface area contributed by atoms with E-state index in [9.17, 15) is 8.42 Å². The zero-order chi connectivity index (χ0) is 18.8. The van der Waals surface area contributed by atoms with Crippen molar-refractivity contribution in [2.24, 2.45) is 4.99 Å². The minimum Gasteiger partial charge on any atom is -0.379 e. The van der Waals surface area contributed by atoms with Crippen LogP contribution >= 0.6 is 24.0 Å². The fourth-order valence-electron chi connectivity index (χ4n) is 2.86. The molecule has 0 saturated carbocycles. The molecule has 0 amide bonds. The number of rotatable bonds is 8. The van der Waals surface area contributed by atoms with Crippen LogP contribution in [0.3, 0.4) is 0 Å². The Morgan fingerprint density at radius 2 is 1.89 bits per heavy atom. The van der Waals surface area contributed by atoms with E-state index in [-0.39, 0.29) is 36.3 Å². The molecular weight excluding hydrogens is 479 g/mol. The molecule has 1 aliphatic heterocycles. The number of sulfone groups is 1. The predicted molar refractivity (Wildman–Crippen MR) is 122 cm³/mol. The number of nitrogens with one attached hydrogen (secondary N) is 2. The van der Waals surface area contributed by atoms with Gasteiger partial charge in [0.05, 0.1) is 19.0 Å². The molecule has 1 aromatic carbocycles. The molecule has 0 unspecified atom stereocenters. The number of piperidine rings is 1. The normalized spacial score (nSPS) is 15.9. The van der Waals surface area contributed by atoms with Crippen molar-refractivity contribution >= 4 is 45.5 Å². The molecule has 27 heavy (non-hydrogen) atoms. The molecule has 2 rings (SSSR count). The van der Waals surface area contributed by atoms with E-state index in [0.29, 0.717) is 19.2 Å². The second kappa shape index (κ2) is 12.4. The van der Waals surface area contributed by atoms with Gasteiger partial charge in [-0.15, -0.1) is 24.0 Å². The van der Waals surface area contributed by atoms with Crippen LogP contribution in [0.2, 0.25) is 0 Å². The van der Waals surface area contributed by atoms with Crippen LogP contribution < -0.4 is 15.5 Å². The van der Waals surface area contributed by atoms with Gasteiger partial charge in [-0.1, -0.05) is 18.2 Å². The van der Waals surface area contributed by atoms with Gasteiger partial charge in [-0.3, -0.25) is 4.99 Å². The summed E-state index contributed by atoms with van der Waals surface area (Å²) in [7, 11) is -1.21. The van der Waals surface area contributed by atoms with Crippen LogP contribution in [0.15, 0.2) is 35.3 Å². The van der Waals surface area contributed by atoms with Crippen molar-refractivity contribution in [2.75, 3.05) is 56.8 Å². The number of benzene rings is 1. The van der Waals surface area contributed by atoms with Gasteiger partial charge in [-0.2, -0.15) is 0 Å². The molecule has 9 heteroatoms. The maximum atomic E-state index is 11.0. The molecule has 1 aliphatic rings. The smallest absolute Gasteiger partial charge is 0.191 e. The second-order valence-corrected chi connectivity index (χ2v) is 8.74. The molecule has 0 spiro atoms. The van der Waals surface area contributed by atoms with Crippen LogP contribution in [-0.4, -0.2) is 72.3 Å². The first-order valence-corrected chi connectivity index (χ1v) is 11.1. The van der Waals surface area contributed by atoms with Crippen molar-refractivity contribution in [3.05, 3.63) is 30.3 Å². The fraction of sp³-hybridized carbons (Fsp3) is 0.611. The van der Waals surface area contributed by atoms with Gasteiger partial charge in [-0.05, 0) is 25.0 Å². The second-order valence-electron chi connectivity index (χ2n) is 6.48. The lowest BCUT2D eigenvalue weighted by Gasteiger charge is -2.34. The number of halogens is 1. The van der Waals surface area contributed by atoms with Gasteiger partial charge in [-0.25, -0.2) is 8.42 Å². The van der Waals surface area contributed by atoms with Crippen LogP contribution in [0, 0.1) is 0 Å². The average Bonchev–Trinajstić information content (AvgIpc) is 2.64. The molecule has 1 saturated heterocycles. The molecule has 7 nitrogen and oxygen atoms in total. The zero-order valence-electron chi connectivity index (χ0n) is 16.1. The van der Waals surface area contributed by atoms with E-state index in [1.54, 1.807) is 7.05 Å². The first kappa shape index (κ1) is 24.0. The maximum Gasteiger partial charge on any atom is 0.191 e. The van der Waals surface area contributed by atoms with E-state index < -0.39 is 9.84 Å². The number of ether oxygens (including phenoxy) is 1. The van der Waals surface area contributed by atoms with Gasteiger partial charge in [0.25, 0.3) is 0 Å². The number of hydrogen-bond donors (Lipinski definition) is 2. The Balaban J connectivity index is 0.00000364. The minimum absolute atomic E-state index is 0. The van der Waals surface area contributed by atoms with Crippen molar-refractivity contribution in [1.82, 2.24) is 10.6 Å². The Hall–Kier alpha value is -1.07. The van der Waals surface area contributed by atoms with E-state index in [1.807, 2.05) is 6.07 Å². The third-order valence-electron chi connectivity index (χ3n) is 4.32. The summed E-state index contributed by atoms with van der Waals surface area (Å²) in [6, 6.07) is 10.9. The first-order valence-electron chi connectivity index (χ1n) is 9.00. The molecule has 0 radical (unpaired) electrons. The van der Waals surface area contributed by atoms with Crippen molar-refractivity contribution in [3.8, 4) is 0 Å². The lowest BCUT2D eigenvalue weighted by atomic mass is 10.0. The van der Waals surface area contributed by atoms with E-state index in [4.69, 9.17) is 4.74 Å². The molecule has 0 aliphatic carbocycles. The van der Waals surface area contributed by atoms with Crippen molar-refractivity contribution in [1.29, 1.82) is 0 Å². The number of anilines is 1. The summed E-state index contributed by atoms with van der Waals surface area (Å²) in [6.45, 7) is 3.31. The quantitative estimate of drug-likeness (QED) is 0.239. The Morgan fingerprint density at radius 3 is 2.48 bits per heavy atom. The van der Waals surface area contributed by atoms with Crippen LogP contribution in [-0.2, 0) is 14.6 Å². The van der Waals surface area contributed by atoms with Gasteiger partial charge in [0, 0.05) is 44.7 Å². The maximum absolute atomic E-state index is 11.0. The third-order valence-corrected chi connectivity index (χ3v) is 5.23. The summed E-state index contributed by atoms with van der Waals surface area (Å²) in [4.78, 5) is 6.65. The lowest BCUT2D eigenvalue weighted by Crippen LogP contribution is -2.49. The highest BCUT2D eigenvalue weighted by Gasteiger charge is 2.20. The highest BCUT2D eigenvalue weighted by molar-refractivity contribution is 14.0. The standard InChI is InChI=1S/C18H30N4O3S.HI/c1-19-18(20-10-13-25-14-15-26(2,23)24)21-16-8-11-22(12-9-16)17-6-4-3-5-7-17;/h3-7,16H,8-15H2,1-2H3,(H2,19,20,21);1H. The number of para-hydroxylation sites is 1. The molecule has 154 valence electrons. The van der Waals surface area contributed by atoms with E-state index in [1.165, 1.54) is 11.9 Å². The summed E-state index contributed by atoms with van der Waals surface area (Å²) >= 11 is 0. The van der Waals surface area contributed by atoms with Crippen molar-refractivity contribution < 1.29 is 13.2 Å². The average molecular weight is 510 g/mol. The summed E-state index contributed by atoms with van der Waals surface area (Å²) in [5, 5.41) is 6.66. The first-order chi connectivity index (χ1) is 12.5. The van der Waals surface area contributed by atoms with E-state index in [0.717, 1.165) is 31.9 Å². The number of nitrogens with zero attached hydrogens (tertiary/aromatic N) is 2. The predicted octanol–water partition coefficient (Wildman–Crippen LogP) is 1.50. The van der Waals surface area contributed by atoms with Crippen molar-refractivity contribution in [3.63, 3.8) is 0 Å². The molecule has 0 bridgehead atoms. The molecular formula is C18H31IN4O3S. The summed E-state index contributed by atoms with van der Waals surface area (Å²) in [5.74, 6) is 0.815. The number of hydrogen-bond acceptors (Lipinski definition) is 5. The van der Waals surface area contributed by atoms with Crippen molar-refractivity contribution in [2.45, 2.75) is 18.9 Å². The van der Waals surface area contributed by atoms with E-state index >= 15 is 0 Å². The molecule has 2 N–H and O–H groups in total. The molecule has 0 atom stereocenters. The highest BCUT2D eigenvalue weighted by Crippen LogP contribution is 2.19. The third kappa shape index (κ3) is 9.61. The highest BCUT2D eigenvalue weighted by atomic mass is 127. The van der Waals surface area contributed by atoms with Gasteiger partial charge in [0.15, 0.2) is 5.96 Å². The van der Waals surface area contributed by atoms with Crippen LogP contribution in [0.4, 0.5) is 5.69 Å². The Kier molecular flexibility index (Phi) is 11.0. The monoisotopic (exact) mass is 510 g/mol. The Morgan fingerprint density at radius 1 is 1.22 bits per heavy atom. The number of aliphatic imine (C=N–C) groups is 1. The minimum atomic E-state index is -2.96. The van der Waals surface area contributed by atoms with E-state index in [2.05, 4.69) is 44.8 Å². The van der Waals surface area contributed by atoms with Gasteiger partial charge < -0.3 is 20.3 Å². The summed E-state index contributed by atoms with van der Waals surface area (Å²) < 4.78 is 27.4. The largest absolute Gasteiger partial charge is 0.379 e. The molecule has 0 aromatic heterocycles. The zero-order valence-corrected chi connectivity index (χ0v) is 19.2. The Labute approximate surface area is 179 Å². The van der Waals surface area contributed by atoms with Gasteiger partial charge >= 0.3 is 0 Å². The fourth-order valence-corrected chi connectivity index (χ4v) is 3.28. The Bertz CT molecular complexity index is 662. The summed E-state index contributed by atoms with van der Waals surface area (Å²) in [5.41, 5.74) is 1.28. The molecule has 1 fully saturated rings. The molecule has 1 aromatic rings. The molecule has 1 heterocycles. The SMILES string of the molecule is CN=C(NCCOCCS(C)(=O)=O)NC1CCN(c2ccccc2)CC1.I. The van der Waals surface area contributed by atoms with Crippen LogP contribution in [0.25, 0.3) is 0 Å². The summed E-state index contributed by atoms with van der Waals surface area (Å²) in [6.07, 6.45) is 3.32. The lowest BCUT2D eigenvalue weighted by molar-refractivity contribution is 0.154. The van der Waals surface area contributed by atoms with Gasteiger partial charge in [0.2, 0.25) is 0 Å².